The van der Waals surface area contributed by atoms with Crippen LogP contribution >= 0.6 is 0 Å². The number of benzene rings is 2. The second kappa shape index (κ2) is 7.43. The summed E-state index contributed by atoms with van der Waals surface area (Å²) in [5.41, 5.74) is 0.947. The summed E-state index contributed by atoms with van der Waals surface area (Å²) < 4.78 is 10.7. The van der Waals surface area contributed by atoms with Gasteiger partial charge < -0.3 is 14.5 Å². The van der Waals surface area contributed by atoms with Crippen LogP contribution in [0.1, 0.15) is 6.92 Å². The lowest BCUT2D eigenvalue weighted by molar-refractivity contribution is -0.384. The number of nitro groups is 1. The minimum Gasteiger partial charge on any atom is -0.481 e. The molecule has 0 bridgehead atoms. The highest BCUT2D eigenvalue weighted by molar-refractivity contribution is 5.94. The number of nitrogens with zero attached hydrogens (tertiary/aromatic N) is 3. The predicted octanol–water partition coefficient (Wildman–Crippen LogP) is 3.05. The number of carbonyl (C=O) groups excluding carboxylic acids is 1. The Morgan fingerprint density at radius 2 is 2.04 bits per heavy atom. The molecular formula is C17H14N4O5. The Bertz CT molecular complexity index is 909. The highest BCUT2D eigenvalue weighted by Gasteiger charge is 2.16. The van der Waals surface area contributed by atoms with Gasteiger partial charge in [0.2, 0.25) is 12.3 Å². The first-order valence-electron chi connectivity index (χ1n) is 7.61. The number of nitro benzene ring substituents is 1. The number of hydrogen-bond acceptors (Lipinski definition) is 7. The van der Waals surface area contributed by atoms with Gasteiger partial charge in [-0.15, -0.1) is 10.2 Å². The van der Waals surface area contributed by atoms with E-state index < -0.39 is 16.9 Å². The van der Waals surface area contributed by atoms with Crippen molar-refractivity contribution in [1.82, 2.24) is 10.2 Å². The minimum atomic E-state index is -0.802. The lowest BCUT2D eigenvalue weighted by Crippen LogP contribution is -2.30. The number of carbonyl (C=O) groups is 1. The molecule has 0 radical (unpaired) electrons. The van der Waals surface area contributed by atoms with Crippen molar-refractivity contribution in [1.29, 1.82) is 0 Å². The van der Waals surface area contributed by atoms with Crippen LogP contribution in [0.4, 0.5) is 11.4 Å². The van der Waals surface area contributed by atoms with Crippen LogP contribution in [0.5, 0.6) is 5.75 Å². The standard InChI is InChI=1S/C17H14N4O5/c1-11(16(22)19-13-3-2-4-14(9-13)21(23)24)26-15-7-5-12(6-8-15)17-20-18-10-25-17/h2-11H,1H3,(H,19,22)/t11-/m0/s1. The van der Waals surface area contributed by atoms with Crippen LogP contribution in [-0.2, 0) is 4.79 Å². The van der Waals surface area contributed by atoms with Gasteiger partial charge >= 0.3 is 0 Å². The largest absolute Gasteiger partial charge is 0.481 e. The molecule has 0 saturated heterocycles. The van der Waals surface area contributed by atoms with E-state index in [1.54, 1.807) is 37.3 Å². The van der Waals surface area contributed by atoms with E-state index in [9.17, 15) is 14.9 Å². The summed E-state index contributed by atoms with van der Waals surface area (Å²) in [6.45, 7) is 1.58. The quantitative estimate of drug-likeness (QED) is 0.533. The number of anilines is 1. The zero-order valence-corrected chi connectivity index (χ0v) is 13.7. The molecule has 0 aliphatic rings. The molecule has 0 fully saturated rings. The Balaban J connectivity index is 1.62. The first-order chi connectivity index (χ1) is 12.5. The molecule has 2 aromatic carbocycles. The zero-order chi connectivity index (χ0) is 18.5. The fraction of sp³-hybridized carbons (Fsp3) is 0.118. The van der Waals surface area contributed by atoms with E-state index in [0.29, 0.717) is 17.3 Å². The van der Waals surface area contributed by atoms with Gasteiger partial charge in [0.15, 0.2) is 6.10 Å². The van der Waals surface area contributed by atoms with Gasteiger partial charge in [0.25, 0.3) is 11.6 Å². The molecule has 0 spiro atoms. The summed E-state index contributed by atoms with van der Waals surface area (Å²) in [5, 5.41) is 20.8. The van der Waals surface area contributed by atoms with Crippen LogP contribution in [-0.4, -0.2) is 27.1 Å². The maximum atomic E-state index is 12.2. The third-order valence-electron chi connectivity index (χ3n) is 3.47. The van der Waals surface area contributed by atoms with Gasteiger partial charge in [0, 0.05) is 23.4 Å². The summed E-state index contributed by atoms with van der Waals surface area (Å²) in [6.07, 6.45) is 0.434. The molecule has 3 rings (SSSR count). The van der Waals surface area contributed by atoms with Crippen molar-refractivity contribution in [2.24, 2.45) is 0 Å². The van der Waals surface area contributed by atoms with E-state index in [4.69, 9.17) is 9.15 Å². The van der Waals surface area contributed by atoms with Crippen molar-refractivity contribution in [3.8, 4) is 17.2 Å². The Morgan fingerprint density at radius 3 is 2.69 bits per heavy atom. The molecule has 0 saturated carbocycles. The summed E-state index contributed by atoms with van der Waals surface area (Å²) >= 11 is 0. The van der Waals surface area contributed by atoms with Gasteiger partial charge in [-0.05, 0) is 37.3 Å². The lowest BCUT2D eigenvalue weighted by atomic mass is 10.2. The van der Waals surface area contributed by atoms with Crippen molar-refractivity contribution in [3.05, 3.63) is 65.0 Å². The Labute approximate surface area is 147 Å². The van der Waals surface area contributed by atoms with Gasteiger partial charge in [-0.1, -0.05) is 6.07 Å². The van der Waals surface area contributed by atoms with Gasteiger partial charge in [-0.3, -0.25) is 14.9 Å². The lowest BCUT2D eigenvalue weighted by Gasteiger charge is -2.14. The zero-order valence-electron chi connectivity index (χ0n) is 13.7. The fourth-order valence-corrected chi connectivity index (χ4v) is 2.17. The van der Waals surface area contributed by atoms with Crippen molar-refractivity contribution in [3.63, 3.8) is 0 Å². The summed E-state index contributed by atoms with van der Waals surface area (Å²) in [4.78, 5) is 22.5. The molecule has 1 heterocycles. The second-order valence-corrected chi connectivity index (χ2v) is 5.33. The Morgan fingerprint density at radius 1 is 1.27 bits per heavy atom. The van der Waals surface area contributed by atoms with Crippen LogP contribution in [0.25, 0.3) is 11.5 Å². The molecular weight excluding hydrogens is 340 g/mol. The Hall–Kier alpha value is -3.75. The van der Waals surface area contributed by atoms with Crippen LogP contribution < -0.4 is 10.1 Å². The molecule has 9 heteroatoms. The van der Waals surface area contributed by atoms with Crippen molar-refractivity contribution in [2.45, 2.75) is 13.0 Å². The Kier molecular flexibility index (Phi) is 4.88. The molecule has 3 aromatic rings. The number of hydrogen-bond donors (Lipinski definition) is 1. The van der Waals surface area contributed by atoms with Gasteiger partial charge in [-0.25, -0.2) is 0 Å². The highest BCUT2D eigenvalue weighted by atomic mass is 16.6. The molecule has 1 atom stereocenters. The SMILES string of the molecule is C[C@H](Oc1ccc(-c2nnco2)cc1)C(=O)Nc1cccc([N+](=O)[O-])c1. The number of amides is 1. The van der Waals surface area contributed by atoms with Crippen LogP contribution in [0.2, 0.25) is 0 Å². The third-order valence-corrected chi connectivity index (χ3v) is 3.47. The normalized spacial score (nSPS) is 11.6. The first kappa shape index (κ1) is 17.1. The monoisotopic (exact) mass is 354 g/mol. The van der Waals surface area contributed by atoms with Crippen molar-refractivity contribution < 1.29 is 18.9 Å². The molecule has 1 aromatic heterocycles. The van der Waals surface area contributed by atoms with E-state index in [-0.39, 0.29) is 5.69 Å². The number of aromatic nitrogens is 2. The van der Waals surface area contributed by atoms with E-state index in [0.717, 1.165) is 5.56 Å². The minimum absolute atomic E-state index is 0.104. The number of nitrogens with one attached hydrogen (secondary N) is 1. The number of rotatable bonds is 6. The fourth-order valence-electron chi connectivity index (χ4n) is 2.17. The smallest absolute Gasteiger partial charge is 0.271 e. The highest BCUT2D eigenvalue weighted by Crippen LogP contribution is 2.21. The van der Waals surface area contributed by atoms with Gasteiger partial charge in [0.05, 0.1) is 4.92 Å². The van der Waals surface area contributed by atoms with Crippen molar-refractivity contribution >= 4 is 17.3 Å². The molecule has 1 amide bonds. The van der Waals surface area contributed by atoms with Crippen LogP contribution in [0.3, 0.4) is 0 Å². The molecule has 1 N–H and O–H groups in total. The van der Waals surface area contributed by atoms with Gasteiger partial charge in [0.1, 0.15) is 5.75 Å². The van der Waals surface area contributed by atoms with Gasteiger partial charge in [-0.2, -0.15) is 0 Å². The predicted molar refractivity (Wildman–Crippen MR) is 91.6 cm³/mol. The topological polar surface area (TPSA) is 120 Å². The molecule has 0 aliphatic heterocycles. The number of ether oxygens (including phenoxy) is 1. The van der Waals surface area contributed by atoms with E-state index in [1.807, 2.05) is 0 Å². The maximum absolute atomic E-state index is 12.2. The molecule has 26 heavy (non-hydrogen) atoms. The molecule has 9 nitrogen and oxygen atoms in total. The molecule has 0 unspecified atom stereocenters. The summed E-state index contributed by atoms with van der Waals surface area (Å²) in [5.74, 6) is 0.439. The van der Waals surface area contributed by atoms with Crippen molar-refractivity contribution in [2.75, 3.05) is 5.32 Å². The van der Waals surface area contributed by atoms with E-state index in [2.05, 4.69) is 15.5 Å². The van der Waals surface area contributed by atoms with Crippen LogP contribution in [0, 0.1) is 10.1 Å². The maximum Gasteiger partial charge on any atom is 0.271 e. The molecule has 0 aliphatic carbocycles. The van der Waals surface area contributed by atoms with E-state index in [1.165, 1.54) is 24.6 Å². The third kappa shape index (κ3) is 4.01. The summed E-state index contributed by atoms with van der Waals surface area (Å²) in [6, 6.07) is 12.5. The van der Waals surface area contributed by atoms with E-state index >= 15 is 0 Å². The number of non-ortho nitro benzene ring substituents is 1. The average Bonchev–Trinajstić information content (AvgIpc) is 3.17. The first-order valence-corrected chi connectivity index (χ1v) is 7.61. The van der Waals surface area contributed by atoms with Crippen LogP contribution in [0.15, 0.2) is 59.3 Å². The average molecular weight is 354 g/mol. The second-order valence-electron chi connectivity index (χ2n) is 5.33. The molecule has 132 valence electrons. The summed E-state index contributed by atoms with van der Waals surface area (Å²) in [7, 11) is 0.